The molecule has 4 heteroatoms. The summed E-state index contributed by atoms with van der Waals surface area (Å²) in [5.41, 5.74) is 3.48. The maximum Gasteiger partial charge on any atom is 0.224 e. The van der Waals surface area contributed by atoms with Crippen LogP contribution >= 0.6 is 0 Å². The Morgan fingerprint density at radius 1 is 1.32 bits per heavy atom. The third kappa shape index (κ3) is 4.34. The third-order valence-corrected chi connectivity index (χ3v) is 3.85. The predicted molar refractivity (Wildman–Crippen MR) is 89.8 cm³/mol. The van der Waals surface area contributed by atoms with Crippen molar-refractivity contribution in [2.75, 3.05) is 24.5 Å². The van der Waals surface area contributed by atoms with E-state index in [1.807, 2.05) is 30.9 Å². The first-order chi connectivity index (χ1) is 10.5. The van der Waals surface area contributed by atoms with Crippen LogP contribution in [0, 0.1) is 0 Å². The van der Waals surface area contributed by atoms with E-state index in [4.69, 9.17) is 0 Å². The Hall–Kier alpha value is -1.81. The number of para-hydroxylation sites is 1. The van der Waals surface area contributed by atoms with Crippen LogP contribution < -0.4 is 4.90 Å². The van der Waals surface area contributed by atoms with E-state index in [0.29, 0.717) is 32.6 Å². The minimum absolute atomic E-state index is 0.169. The van der Waals surface area contributed by atoms with Gasteiger partial charge in [0, 0.05) is 38.3 Å². The van der Waals surface area contributed by atoms with Crippen molar-refractivity contribution in [3.63, 3.8) is 0 Å². The third-order valence-electron chi connectivity index (χ3n) is 3.85. The summed E-state index contributed by atoms with van der Waals surface area (Å²) in [6.07, 6.45) is 2.16. The molecular formula is C18H26N2O2. The SMILES string of the molecule is CC(C)=CCN1Cc2ccccc2N(CC(C)O)CCC1=O. The Morgan fingerprint density at radius 3 is 2.73 bits per heavy atom. The van der Waals surface area contributed by atoms with E-state index in [2.05, 4.69) is 23.1 Å². The van der Waals surface area contributed by atoms with Crippen molar-refractivity contribution in [3.05, 3.63) is 41.5 Å². The van der Waals surface area contributed by atoms with Gasteiger partial charge in [-0.3, -0.25) is 4.79 Å². The van der Waals surface area contributed by atoms with Gasteiger partial charge in [0.1, 0.15) is 0 Å². The molecule has 0 saturated heterocycles. The van der Waals surface area contributed by atoms with Crippen molar-refractivity contribution in [2.45, 2.75) is 39.8 Å². The second-order valence-corrected chi connectivity index (χ2v) is 6.23. The number of aliphatic hydroxyl groups is 1. The average molecular weight is 302 g/mol. The van der Waals surface area contributed by atoms with E-state index in [1.165, 1.54) is 5.57 Å². The first-order valence-electron chi connectivity index (χ1n) is 7.89. The number of hydrogen-bond donors (Lipinski definition) is 1. The number of benzene rings is 1. The molecule has 0 fully saturated rings. The van der Waals surface area contributed by atoms with E-state index in [9.17, 15) is 9.90 Å². The summed E-state index contributed by atoms with van der Waals surface area (Å²) in [4.78, 5) is 16.5. The predicted octanol–water partition coefficient (Wildman–Crippen LogP) is 2.57. The van der Waals surface area contributed by atoms with Crippen LogP contribution in [-0.4, -0.2) is 41.7 Å². The number of anilines is 1. The van der Waals surface area contributed by atoms with E-state index in [-0.39, 0.29) is 5.91 Å². The van der Waals surface area contributed by atoms with Crippen molar-refractivity contribution in [1.82, 2.24) is 4.90 Å². The number of nitrogens with zero attached hydrogens (tertiary/aromatic N) is 2. The summed E-state index contributed by atoms with van der Waals surface area (Å²) < 4.78 is 0. The molecule has 1 N–H and O–H groups in total. The molecule has 1 amide bonds. The number of allylic oxidation sites excluding steroid dienone is 1. The Morgan fingerprint density at radius 2 is 2.05 bits per heavy atom. The molecule has 1 aliphatic heterocycles. The highest BCUT2D eigenvalue weighted by molar-refractivity contribution is 5.78. The lowest BCUT2D eigenvalue weighted by Gasteiger charge is -2.33. The molecule has 0 bridgehead atoms. The van der Waals surface area contributed by atoms with Gasteiger partial charge >= 0.3 is 0 Å². The van der Waals surface area contributed by atoms with Crippen LogP contribution in [0.25, 0.3) is 0 Å². The van der Waals surface area contributed by atoms with Crippen molar-refractivity contribution in [2.24, 2.45) is 0 Å². The standard InChI is InChI=1S/C18H26N2O2/c1-14(2)8-10-20-13-16-6-4-5-7-17(16)19(12-15(3)21)11-9-18(20)22/h4-8,15,21H,9-13H2,1-3H3. The second kappa shape index (κ2) is 7.45. The van der Waals surface area contributed by atoms with E-state index in [1.54, 1.807) is 6.92 Å². The average Bonchev–Trinajstić information content (AvgIpc) is 2.46. The Balaban J connectivity index is 2.27. The van der Waals surface area contributed by atoms with Crippen LogP contribution in [0.3, 0.4) is 0 Å². The molecule has 0 aliphatic carbocycles. The molecule has 22 heavy (non-hydrogen) atoms. The number of carbonyl (C=O) groups excluding carboxylic acids is 1. The number of β-amino-alcohol motifs (C(OH)–C–C–N with tert-alkyl or cyclic N) is 1. The lowest BCUT2D eigenvalue weighted by Crippen LogP contribution is -2.40. The minimum atomic E-state index is -0.413. The topological polar surface area (TPSA) is 43.8 Å². The monoisotopic (exact) mass is 302 g/mol. The van der Waals surface area contributed by atoms with Crippen LogP contribution in [0.2, 0.25) is 0 Å². The van der Waals surface area contributed by atoms with Gasteiger partial charge in [-0.2, -0.15) is 0 Å². The fraction of sp³-hybridized carbons (Fsp3) is 0.500. The van der Waals surface area contributed by atoms with Crippen molar-refractivity contribution in [3.8, 4) is 0 Å². The van der Waals surface area contributed by atoms with Crippen molar-refractivity contribution in [1.29, 1.82) is 0 Å². The molecule has 0 radical (unpaired) electrons. The zero-order valence-electron chi connectivity index (χ0n) is 13.7. The summed E-state index contributed by atoms with van der Waals surface area (Å²) in [7, 11) is 0. The summed E-state index contributed by atoms with van der Waals surface area (Å²) in [6.45, 7) is 8.36. The molecule has 1 aromatic rings. The van der Waals surface area contributed by atoms with Gasteiger partial charge in [0.25, 0.3) is 0 Å². The van der Waals surface area contributed by atoms with Gasteiger partial charge < -0.3 is 14.9 Å². The highest BCUT2D eigenvalue weighted by atomic mass is 16.3. The van der Waals surface area contributed by atoms with Crippen LogP contribution in [0.4, 0.5) is 5.69 Å². The molecule has 1 heterocycles. The lowest BCUT2D eigenvalue weighted by molar-refractivity contribution is -0.131. The van der Waals surface area contributed by atoms with Crippen molar-refractivity contribution >= 4 is 11.6 Å². The summed E-state index contributed by atoms with van der Waals surface area (Å²) in [6, 6.07) is 8.16. The number of aliphatic hydroxyl groups excluding tert-OH is 1. The molecule has 1 aliphatic rings. The molecular weight excluding hydrogens is 276 g/mol. The molecule has 2 rings (SSSR count). The van der Waals surface area contributed by atoms with Crippen LogP contribution in [0.5, 0.6) is 0 Å². The largest absolute Gasteiger partial charge is 0.392 e. The molecule has 0 saturated carbocycles. The second-order valence-electron chi connectivity index (χ2n) is 6.23. The van der Waals surface area contributed by atoms with Gasteiger partial charge in [0.05, 0.1) is 6.10 Å². The van der Waals surface area contributed by atoms with E-state index < -0.39 is 6.10 Å². The number of fused-ring (bicyclic) bond motifs is 1. The van der Waals surface area contributed by atoms with Gasteiger partial charge in [0.2, 0.25) is 5.91 Å². The summed E-state index contributed by atoms with van der Waals surface area (Å²) >= 11 is 0. The van der Waals surface area contributed by atoms with Crippen LogP contribution in [0.1, 0.15) is 32.8 Å². The summed E-state index contributed by atoms with van der Waals surface area (Å²) in [5.74, 6) is 0.169. The van der Waals surface area contributed by atoms with Gasteiger partial charge in [-0.25, -0.2) is 0 Å². The molecule has 1 atom stereocenters. The van der Waals surface area contributed by atoms with Gasteiger partial charge in [0.15, 0.2) is 0 Å². The fourth-order valence-corrected chi connectivity index (χ4v) is 2.72. The first-order valence-corrected chi connectivity index (χ1v) is 7.89. The fourth-order valence-electron chi connectivity index (χ4n) is 2.72. The zero-order chi connectivity index (χ0) is 16.1. The zero-order valence-corrected chi connectivity index (χ0v) is 13.7. The Kier molecular flexibility index (Phi) is 5.61. The molecule has 0 aromatic heterocycles. The first kappa shape index (κ1) is 16.6. The van der Waals surface area contributed by atoms with Gasteiger partial charge in [-0.15, -0.1) is 0 Å². The maximum atomic E-state index is 12.4. The molecule has 4 nitrogen and oxygen atoms in total. The maximum absolute atomic E-state index is 12.4. The number of hydrogen-bond acceptors (Lipinski definition) is 3. The number of rotatable bonds is 4. The van der Waals surface area contributed by atoms with Crippen LogP contribution in [-0.2, 0) is 11.3 Å². The van der Waals surface area contributed by atoms with Crippen LogP contribution in [0.15, 0.2) is 35.9 Å². The molecule has 0 spiro atoms. The quantitative estimate of drug-likeness (QED) is 0.869. The van der Waals surface area contributed by atoms with Gasteiger partial charge in [-0.1, -0.05) is 29.8 Å². The molecule has 120 valence electrons. The lowest BCUT2D eigenvalue weighted by atomic mass is 10.1. The highest BCUT2D eigenvalue weighted by Crippen LogP contribution is 2.25. The van der Waals surface area contributed by atoms with E-state index in [0.717, 1.165) is 11.3 Å². The summed E-state index contributed by atoms with van der Waals surface area (Å²) in [5, 5.41) is 9.71. The highest BCUT2D eigenvalue weighted by Gasteiger charge is 2.22. The Bertz CT molecular complexity index is 548. The minimum Gasteiger partial charge on any atom is -0.392 e. The van der Waals surface area contributed by atoms with Gasteiger partial charge in [-0.05, 0) is 32.4 Å². The molecule has 1 aromatic carbocycles. The molecule has 1 unspecified atom stereocenters. The number of amides is 1. The Labute approximate surface area is 133 Å². The smallest absolute Gasteiger partial charge is 0.224 e. The van der Waals surface area contributed by atoms with Crippen molar-refractivity contribution < 1.29 is 9.90 Å². The normalized spacial score (nSPS) is 16.6. The number of carbonyl (C=O) groups is 1. The van der Waals surface area contributed by atoms with E-state index >= 15 is 0 Å².